The van der Waals surface area contributed by atoms with Crippen LogP contribution in [0.5, 0.6) is 0 Å². The van der Waals surface area contributed by atoms with Gasteiger partial charge in [0, 0.05) is 18.0 Å². The van der Waals surface area contributed by atoms with E-state index in [1.807, 2.05) is 0 Å². The van der Waals surface area contributed by atoms with E-state index in [9.17, 15) is 8.42 Å². The quantitative estimate of drug-likeness (QED) is 0.915. The van der Waals surface area contributed by atoms with Gasteiger partial charge in [-0.15, -0.1) is 0 Å². The Labute approximate surface area is 134 Å². The van der Waals surface area contributed by atoms with Crippen LogP contribution in [0.3, 0.4) is 0 Å². The van der Waals surface area contributed by atoms with Crippen molar-refractivity contribution in [3.8, 4) is 0 Å². The molecule has 0 bridgehead atoms. The van der Waals surface area contributed by atoms with Crippen LogP contribution in [0, 0.1) is 0 Å². The molecule has 23 heavy (non-hydrogen) atoms. The number of primary sulfonamides is 1. The molecule has 122 valence electrons. The summed E-state index contributed by atoms with van der Waals surface area (Å²) in [5, 5.41) is 9.08. The lowest BCUT2D eigenvalue weighted by Crippen LogP contribution is -2.13. The third-order valence-corrected chi connectivity index (χ3v) is 5.59. The minimum Gasteiger partial charge on any atom is -0.339 e. The molecule has 0 amide bonds. The molecule has 0 aliphatic heterocycles. The second-order valence-corrected chi connectivity index (χ2v) is 7.90. The van der Waals surface area contributed by atoms with Gasteiger partial charge in [0.15, 0.2) is 10.9 Å². The fraction of sp³-hybridized carbons (Fsp3) is 0.533. The van der Waals surface area contributed by atoms with Gasteiger partial charge in [-0.05, 0) is 36.8 Å². The van der Waals surface area contributed by atoms with Gasteiger partial charge >= 0.3 is 0 Å². The zero-order chi connectivity index (χ0) is 16.0. The summed E-state index contributed by atoms with van der Waals surface area (Å²) in [7, 11) is -3.75. The standard InChI is InChI=1S/C15H18N4O3S/c16-23(20,21)13-6-5-10(8-17-13)11-7-12(11)15-18-14(19-22-15)9-3-1-2-4-9/h5-6,8-9,11-12H,1-4,7H2,(H2,16,20,21). The van der Waals surface area contributed by atoms with E-state index in [-0.39, 0.29) is 16.9 Å². The smallest absolute Gasteiger partial charge is 0.255 e. The fourth-order valence-corrected chi connectivity index (χ4v) is 3.82. The van der Waals surface area contributed by atoms with Crippen molar-refractivity contribution in [3.63, 3.8) is 0 Å². The fourth-order valence-electron chi connectivity index (χ4n) is 3.36. The number of nitrogens with two attached hydrogens (primary N) is 1. The van der Waals surface area contributed by atoms with Gasteiger partial charge in [0.05, 0.1) is 0 Å². The van der Waals surface area contributed by atoms with Gasteiger partial charge in [-0.25, -0.2) is 18.5 Å². The SMILES string of the molecule is NS(=O)(=O)c1ccc(C2CC2c2nc(C3CCCC3)no2)cn1. The second-order valence-electron chi connectivity index (χ2n) is 6.40. The second kappa shape index (κ2) is 5.38. The number of hydrogen-bond donors (Lipinski definition) is 1. The third kappa shape index (κ3) is 2.88. The maximum Gasteiger partial charge on any atom is 0.255 e. The molecular weight excluding hydrogens is 316 g/mol. The van der Waals surface area contributed by atoms with Crippen LogP contribution in [-0.2, 0) is 10.0 Å². The molecule has 7 nitrogen and oxygen atoms in total. The Morgan fingerprint density at radius 3 is 2.61 bits per heavy atom. The summed E-state index contributed by atoms with van der Waals surface area (Å²) in [6, 6.07) is 3.20. The van der Waals surface area contributed by atoms with E-state index in [1.54, 1.807) is 12.3 Å². The number of aromatic nitrogens is 3. The summed E-state index contributed by atoms with van der Waals surface area (Å²) in [6.45, 7) is 0. The number of rotatable bonds is 4. The minimum absolute atomic E-state index is 0.111. The topological polar surface area (TPSA) is 112 Å². The van der Waals surface area contributed by atoms with Crippen molar-refractivity contribution in [2.45, 2.75) is 54.9 Å². The Morgan fingerprint density at radius 2 is 1.96 bits per heavy atom. The Morgan fingerprint density at radius 1 is 1.17 bits per heavy atom. The predicted octanol–water partition coefficient (Wildman–Crippen LogP) is 2.04. The highest BCUT2D eigenvalue weighted by Gasteiger charge is 2.44. The van der Waals surface area contributed by atoms with Gasteiger partial charge in [-0.3, -0.25) is 0 Å². The molecule has 0 saturated heterocycles. The zero-order valence-electron chi connectivity index (χ0n) is 12.6. The van der Waals surface area contributed by atoms with Crippen molar-refractivity contribution in [1.82, 2.24) is 15.1 Å². The first-order valence-electron chi connectivity index (χ1n) is 7.84. The van der Waals surface area contributed by atoms with Crippen molar-refractivity contribution in [1.29, 1.82) is 0 Å². The third-order valence-electron chi connectivity index (χ3n) is 4.76. The van der Waals surface area contributed by atoms with E-state index in [0.29, 0.717) is 11.8 Å². The largest absolute Gasteiger partial charge is 0.339 e. The highest BCUT2D eigenvalue weighted by molar-refractivity contribution is 7.89. The van der Waals surface area contributed by atoms with Crippen LogP contribution in [0.15, 0.2) is 27.9 Å². The van der Waals surface area contributed by atoms with Crippen LogP contribution in [0.1, 0.15) is 67.1 Å². The van der Waals surface area contributed by atoms with Gasteiger partial charge < -0.3 is 4.52 Å². The van der Waals surface area contributed by atoms with Crippen LogP contribution >= 0.6 is 0 Å². The van der Waals surface area contributed by atoms with Crippen molar-refractivity contribution >= 4 is 10.0 Å². The summed E-state index contributed by atoms with van der Waals surface area (Å²) in [5.41, 5.74) is 0.975. The summed E-state index contributed by atoms with van der Waals surface area (Å²) >= 11 is 0. The lowest BCUT2D eigenvalue weighted by Gasteiger charge is -2.00. The molecule has 2 unspecified atom stereocenters. The number of pyridine rings is 1. The van der Waals surface area contributed by atoms with Crippen molar-refractivity contribution in [2.24, 2.45) is 5.14 Å². The monoisotopic (exact) mass is 334 g/mol. The average molecular weight is 334 g/mol. The van der Waals surface area contributed by atoms with Crippen LogP contribution < -0.4 is 5.14 Å². The summed E-state index contributed by atoms with van der Waals surface area (Å²) in [6.07, 6.45) is 7.25. The molecule has 8 heteroatoms. The number of nitrogens with zero attached hydrogens (tertiary/aromatic N) is 3. The number of sulfonamides is 1. The Bertz CT molecular complexity index is 810. The molecule has 2 heterocycles. The van der Waals surface area contributed by atoms with E-state index in [4.69, 9.17) is 9.66 Å². The maximum atomic E-state index is 11.2. The van der Waals surface area contributed by atoms with Gasteiger partial charge in [0.25, 0.3) is 10.0 Å². The van der Waals surface area contributed by atoms with Crippen LogP contribution in [0.4, 0.5) is 0 Å². The molecule has 0 aromatic carbocycles. The Hall–Kier alpha value is -1.80. The molecule has 2 aliphatic carbocycles. The molecular formula is C15H18N4O3S. The molecule has 2 saturated carbocycles. The molecule has 4 rings (SSSR count). The lowest BCUT2D eigenvalue weighted by molar-refractivity contribution is 0.369. The predicted molar refractivity (Wildman–Crippen MR) is 81.2 cm³/mol. The first kappa shape index (κ1) is 14.8. The van der Waals surface area contributed by atoms with Crippen LogP contribution in [0.25, 0.3) is 0 Å². The van der Waals surface area contributed by atoms with E-state index >= 15 is 0 Å². The average Bonchev–Trinajstić information content (AvgIpc) is 2.94. The van der Waals surface area contributed by atoms with E-state index in [2.05, 4.69) is 15.1 Å². The lowest BCUT2D eigenvalue weighted by atomic mass is 10.1. The summed E-state index contributed by atoms with van der Waals surface area (Å²) in [4.78, 5) is 8.50. The molecule has 2 aromatic heterocycles. The maximum absolute atomic E-state index is 11.2. The Kier molecular flexibility index (Phi) is 3.46. The van der Waals surface area contributed by atoms with Crippen molar-refractivity contribution < 1.29 is 12.9 Å². The summed E-state index contributed by atoms with van der Waals surface area (Å²) < 4.78 is 27.9. The molecule has 0 spiro atoms. The van der Waals surface area contributed by atoms with E-state index < -0.39 is 10.0 Å². The van der Waals surface area contributed by atoms with E-state index in [1.165, 1.54) is 18.9 Å². The molecule has 2 N–H and O–H groups in total. The van der Waals surface area contributed by atoms with Gasteiger partial charge in [-0.1, -0.05) is 24.1 Å². The molecule has 2 fully saturated rings. The van der Waals surface area contributed by atoms with Crippen LogP contribution in [-0.4, -0.2) is 23.5 Å². The minimum atomic E-state index is -3.75. The van der Waals surface area contributed by atoms with Crippen LogP contribution in [0.2, 0.25) is 0 Å². The molecule has 2 aromatic rings. The molecule has 2 aliphatic rings. The zero-order valence-corrected chi connectivity index (χ0v) is 13.4. The van der Waals surface area contributed by atoms with Crippen molar-refractivity contribution in [2.75, 3.05) is 0 Å². The molecule has 0 radical (unpaired) electrons. The van der Waals surface area contributed by atoms with Gasteiger partial charge in [0.1, 0.15) is 0 Å². The van der Waals surface area contributed by atoms with E-state index in [0.717, 1.165) is 30.7 Å². The summed E-state index contributed by atoms with van der Waals surface area (Å²) in [5.74, 6) is 2.44. The highest BCUT2D eigenvalue weighted by atomic mass is 32.2. The Balaban J connectivity index is 1.47. The van der Waals surface area contributed by atoms with Gasteiger partial charge in [-0.2, -0.15) is 4.98 Å². The number of hydrogen-bond acceptors (Lipinski definition) is 6. The van der Waals surface area contributed by atoms with Crippen molar-refractivity contribution in [3.05, 3.63) is 35.6 Å². The molecule has 2 atom stereocenters. The highest BCUT2D eigenvalue weighted by Crippen LogP contribution is 2.54. The first-order chi connectivity index (χ1) is 11.0. The normalized spacial score (nSPS) is 24.9. The first-order valence-corrected chi connectivity index (χ1v) is 9.39. The van der Waals surface area contributed by atoms with Gasteiger partial charge in [0.2, 0.25) is 5.89 Å².